The average Bonchev–Trinajstić information content (AvgIpc) is 2.57. The van der Waals surface area contributed by atoms with E-state index < -0.39 is 5.97 Å². The molecule has 3 rings (SSSR count). The Kier molecular flexibility index (Phi) is 4.40. The highest BCUT2D eigenvalue weighted by Crippen LogP contribution is 2.25. The van der Waals surface area contributed by atoms with Crippen molar-refractivity contribution in [3.05, 3.63) is 75.2 Å². The van der Waals surface area contributed by atoms with Crippen LogP contribution in [0.1, 0.15) is 23.0 Å². The molecule has 0 bridgehead atoms. The topological polar surface area (TPSA) is 48.3 Å². The number of rotatable bonds is 3. The summed E-state index contributed by atoms with van der Waals surface area (Å²) in [4.78, 5) is 25.5. The van der Waals surface area contributed by atoms with E-state index in [0.29, 0.717) is 32.7 Å². The first kappa shape index (κ1) is 16.3. The number of carbonyl (C=O) groups excluding carboxylic acids is 1. The molecule has 122 valence electrons. The number of ether oxygens (including phenoxy) is 1. The van der Waals surface area contributed by atoms with E-state index in [1.54, 1.807) is 32.0 Å². The van der Waals surface area contributed by atoms with Crippen LogP contribution in [0.2, 0.25) is 5.02 Å². The maximum Gasteiger partial charge on any atom is 0.340 e. The number of halogens is 1. The Morgan fingerprint density at radius 3 is 2.50 bits per heavy atom. The van der Waals surface area contributed by atoms with Crippen molar-refractivity contribution >= 4 is 28.3 Å². The van der Waals surface area contributed by atoms with E-state index in [2.05, 4.69) is 0 Å². The zero-order valence-electron chi connectivity index (χ0n) is 13.4. The molecule has 1 aromatic heterocycles. The van der Waals surface area contributed by atoms with Crippen molar-refractivity contribution in [1.82, 2.24) is 4.57 Å². The van der Waals surface area contributed by atoms with Gasteiger partial charge >= 0.3 is 5.97 Å². The molecule has 0 radical (unpaired) electrons. The molecular weight excluding hydrogens is 326 g/mol. The van der Waals surface area contributed by atoms with Gasteiger partial charge in [0.05, 0.1) is 12.2 Å². The van der Waals surface area contributed by atoms with Gasteiger partial charge in [-0.25, -0.2) is 4.79 Å². The van der Waals surface area contributed by atoms with E-state index in [1.165, 1.54) is 4.57 Å². The first-order chi connectivity index (χ1) is 11.5. The molecule has 0 fully saturated rings. The third-order valence-electron chi connectivity index (χ3n) is 3.88. The summed E-state index contributed by atoms with van der Waals surface area (Å²) in [5.74, 6) is -0.452. The minimum absolute atomic E-state index is 0.218. The van der Waals surface area contributed by atoms with Crippen LogP contribution in [0.3, 0.4) is 0 Å². The molecule has 0 saturated carbocycles. The zero-order chi connectivity index (χ0) is 17.3. The molecule has 4 nitrogen and oxygen atoms in total. The molecule has 0 spiro atoms. The van der Waals surface area contributed by atoms with E-state index in [9.17, 15) is 9.59 Å². The van der Waals surface area contributed by atoms with Gasteiger partial charge in [-0.05, 0) is 38.1 Å². The number of para-hydroxylation sites is 1. The lowest BCUT2D eigenvalue weighted by Gasteiger charge is -2.16. The lowest BCUT2D eigenvalue weighted by molar-refractivity contribution is 0.0527. The lowest BCUT2D eigenvalue weighted by Crippen LogP contribution is -2.24. The Hall–Kier alpha value is -2.59. The summed E-state index contributed by atoms with van der Waals surface area (Å²) in [5.41, 5.74) is 1.39. The van der Waals surface area contributed by atoms with Gasteiger partial charge in [0.1, 0.15) is 0 Å². The van der Waals surface area contributed by atoms with Crippen LogP contribution in [-0.4, -0.2) is 17.1 Å². The summed E-state index contributed by atoms with van der Waals surface area (Å²) in [6.45, 7) is 3.76. The third-order valence-corrected chi connectivity index (χ3v) is 4.11. The second-order valence-corrected chi connectivity index (χ2v) is 5.78. The van der Waals surface area contributed by atoms with Crippen LogP contribution < -0.4 is 5.56 Å². The molecule has 0 aliphatic heterocycles. The largest absolute Gasteiger partial charge is 0.462 e. The Labute approximate surface area is 144 Å². The van der Waals surface area contributed by atoms with Gasteiger partial charge in [-0.2, -0.15) is 0 Å². The van der Waals surface area contributed by atoms with Gasteiger partial charge in [-0.3, -0.25) is 9.36 Å². The van der Waals surface area contributed by atoms with E-state index in [0.717, 1.165) is 0 Å². The molecule has 0 aliphatic rings. The number of pyridine rings is 1. The van der Waals surface area contributed by atoms with Crippen LogP contribution >= 0.6 is 11.6 Å². The number of nitrogens with zero attached hydrogens (tertiary/aromatic N) is 1. The highest BCUT2D eigenvalue weighted by molar-refractivity contribution is 6.31. The van der Waals surface area contributed by atoms with Crippen LogP contribution in [-0.2, 0) is 4.74 Å². The fourth-order valence-corrected chi connectivity index (χ4v) is 3.01. The van der Waals surface area contributed by atoms with Crippen molar-refractivity contribution in [3.8, 4) is 5.69 Å². The Morgan fingerprint density at radius 2 is 1.83 bits per heavy atom. The number of hydrogen-bond acceptors (Lipinski definition) is 3. The van der Waals surface area contributed by atoms with E-state index in [4.69, 9.17) is 16.3 Å². The molecular formula is C19H16ClNO3. The third kappa shape index (κ3) is 2.69. The van der Waals surface area contributed by atoms with Gasteiger partial charge < -0.3 is 4.74 Å². The molecule has 24 heavy (non-hydrogen) atoms. The minimum Gasteiger partial charge on any atom is -0.462 e. The first-order valence-corrected chi connectivity index (χ1v) is 7.99. The predicted octanol–water partition coefficient (Wildman–Crippen LogP) is 4.13. The normalized spacial score (nSPS) is 10.8. The standard InChI is InChI=1S/C19H16ClNO3/c1-3-24-19(23)17-12(2)21(14-7-5-4-6-8-14)18(22)16-11-13(20)9-10-15(16)17/h4-11H,3H2,1-2H3. The number of benzene rings is 2. The van der Waals surface area contributed by atoms with E-state index in [-0.39, 0.29) is 12.2 Å². The number of hydrogen-bond donors (Lipinski definition) is 0. The van der Waals surface area contributed by atoms with Gasteiger partial charge in [0.15, 0.2) is 0 Å². The monoisotopic (exact) mass is 341 g/mol. The smallest absolute Gasteiger partial charge is 0.340 e. The van der Waals surface area contributed by atoms with Crippen molar-refractivity contribution in [2.75, 3.05) is 6.61 Å². The van der Waals surface area contributed by atoms with Gasteiger partial charge in [-0.1, -0.05) is 35.9 Å². The van der Waals surface area contributed by atoms with E-state index >= 15 is 0 Å². The van der Waals surface area contributed by atoms with Crippen LogP contribution in [0, 0.1) is 6.92 Å². The molecule has 2 aromatic carbocycles. The molecule has 5 heteroatoms. The molecule has 0 atom stereocenters. The summed E-state index contributed by atoms with van der Waals surface area (Å²) >= 11 is 6.06. The minimum atomic E-state index is -0.452. The average molecular weight is 342 g/mol. The van der Waals surface area contributed by atoms with E-state index in [1.807, 2.05) is 30.3 Å². The fourth-order valence-electron chi connectivity index (χ4n) is 2.84. The van der Waals surface area contributed by atoms with Gasteiger partial charge in [-0.15, -0.1) is 0 Å². The second-order valence-electron chi connectivity index (χ2n) is 5.35. The van der Waals surface area contributed by atoms with Crippen molar-refractivity contribution in [3.63, 3.8) is 0 Å². The highest BCUT2D eigenvalue weighted by atomic mass is 35.5. The molecule has 1 heterocycles. The van der Waals surface area contributed by atoms with Crippen molar-refractivity contribution in [1.29, 1.82) is 0 Å². The van der Waals surface area contributed by atoms with Crippen LogP contribution in [0.5, 0.6) is 0 Å². The Balaban J connectivity index is 2.45. The summed E-state index contributed by atoms with van der Waals surface area (Å²) in [6.07, 6.45) is 0. The number of aromatic nitrogens is 1. The first-order valence-electron chi connectivity index (χ1n) is 7.62. The van der Waals surface area contributed by atoms with Crippen LogP contribution in [0.4, 0.5) is 0 Å². The summed E-state index contributed by atoms with van der Waals surface area (Å²) < 4.78 is 6.71. The Morgan fingerprint density at radius 1 is 1.12 bits per heavy atom. The maximum atomic E-state index is 13.0. The van der Waals surface area contributed by atoms with Crippen molar-refractivity contribution < 1.29 is 9.53 Å². The molecule has 0 unspecified atom stereocenters. The van der Waals surface area contributed by atoms with Crippen LogP contribution in [0.25, 0.3) is 16.5 Å². The van der Waals surface area contributed by atoms with Crippen molar-refractivity contribution in [2.45, 2.75) is 13.8 Å². The van der Waals surface area contributed by atoms with Gasteiger partial charge in [0.25, 0.3) is 5.56 Å². The highest BCUT2D eigenvalue weighted by Gasteiger charge is 2.21. The quantitative estimate of drug-likeness (QED) is 0.673. The van der Waals surface area contributed by atoms with Crippen molar-refractivity contribution in [2.24, 2.45) is 0 Å². The maximum absolute atomic E-state index is 13.0. The molecule has 0 saturated heterocycles. The summed E-state index contributed by atoms with van der Waals surface area (Å²) in [5, 5.41) is 1.38. The molecule has 3 aromatic rings. The summed E-state index contributed by atoms with van der Waals surface area (Å²) in [6, 6.07) is 14.1. The predicted molar refractivity (Wildman–Crippen MR) is 95.2 cm³/mol. The summed E-state index contributed by atoms with van der Waals surface area (Å²) in [7, 11) is 0. The number of fused-ring (bicyclic) bond motifs is 1. The zero-order valence-corrected chi connectivity index (χ0v) is 14.1. The fraction of sp³-hybridized carbons (Fsp3) is 0.158. The van der Waals surface area contributed by atoms with Crippen LogP contribution in [0.15, 0.2) is 53.3 Å². The number of esters is 1. The molecule has 0 amide bonds. The second kappa shape index (κ2) is 6.49. The van der Waals surface area contributed by atoms with Gasteiger partial charge in [0, 0.05) is 27.2 Å². The molecule has 0 aliphatic carbocycles. The molecule has 0 N–H and O–H groups in total. The lowest BCUT2D eigenvalue weighted by atomic mass is 10.0. The van der Waals surface area contributed by atoms with Gasteiger partial charge in [0.2, 0.25) is 0 Å². The number of carbonyl (C=O) groups is 1. The Bertz CT molecular complexity index is 977. The SMILES string of the molecule is CCOC(=O)c1c(C)n(-c2ccccc2)c(=O)c2cc(Cl)ccc12.